The molecule has 4 rings (SSSR count). The summed E-state index contributed by atoms with van der Waals surface area (Å²) in [6, 6.07) is 7.83. The predicted molar refractivity (Wildman–Crippen MR) is 90.3 cm³/mol. The van der Waals surface area contributed by atoms with Crippen LogP contribution in [-0.4, -0.2) is 32.1 Å². The third-order valence-electron chi connectivity index (χ3n) is 4.36. The van der Waals surface area contributed by atoms with Gasteiger partial charge >= 0.3 is 0 Å². The highest BCUT2D eigenvalue weighted by atomic mass is 16.2. The van der Waals surface area contributed by atoms with Crippen molar-refractivity contribution in [1.29, 1.82) is 0 Å². The lowest BCUT2D eigenvalue weighted by Gasteiger charge is -2.24. The number of benzene rings is 1. The number of Topliss-reactive ketones (excluding diaryl/α,β-unsaturated/α-hetero) is 1. The van der Waals surface area contributed by atoms with E-state index >= 15 is 0 Å². The van der Waals surface area contributed by atoms with E-state index in [0.717, 1.165) is 0 Å². The maximum Gasteiger partial charge on any atom is 0.249 e. The molecule has 2 amide bonds. The van der Waals surface area contributed by atoms with E-state index < -0.39 is 11.9 Å². The second kappa shape index (κ2) is 5.59. The van der Waals surface area contributed by atoms with Gasteiger partial charge in [-0.3, -0.25) is 19.7 Å². The smallest absolute Gasteiger partial charge is 0.249 e. The summed E-state index contributed by atoms with van der Waals surface area (Å²) in [6.07, 6.45) is 2.51. The highest BCUT2D eigenvalue weighted by Crippen LogP contribution is 2.26. The number of fused-ring (bicyclic) bond motifs is 2. The molecule has 1 aromatic carbocycles. The Kier molecular flexibility index (Phi) is 3.38. The Bertz CT molecular complexity index is 1020. The molecule has 8 heteroatoms. The molecule has 3 heterocycles. The molecule has 0 saturated heterocycles. The zero-order chi connectivity index (χ0) is 17.6. The predicted octanol–water partition coefficient (Wildman–Crippen LogP) is 1.62. The molecule has 0 bridgehead atoms. The van der Waals surface area contributed by atoms with Crippen LogP contribution in [0.25, 0.3) is 11.0 Å². The second-order valence-electron chi connectivity index (χ2n) is 5.95. The van der Waals surface area contributed by atoms with E-state index in [1.165, 1.54) is 0 Å². The third-order valence-corrected chi connectivity index (χ3v) is 4.36. The van der Waals surface area contributed by atoms with Gasteiger partial charge in [0, 0.05) is 18.2 Å². The Hall–Kier alpha value is -3.42. The molecule has 126 valence electrons. The summed E-state index contributed by atoms with van der Waals surface area (Å²) in [5.41, 5.74) is 7.38. The number of aromatic amines is 1. The summed E-state index contributed by atoms with van der Waals surface area (Å²) < 4.78 is 1.69. The summed E-state index contributed by atoms with van der Waals surface area (Å²) in [5, 5.41) is 2.74. The van der Waals surface area contributed by atoms with Crippen LogP contribution in [0.1, 0.15) is 39.7 Å². The molecule has 0 aliphatic carbocycles. The van der Waals surface area contributed by atoms with Crippen LogP contribution in [-0.2, 0) is 4.79 Å². The number of anilines is 1. The number of imidazole rings is 1. The first-order chi connectivity index (χ1) is 12.0. The zero-order valence-electron chi connectivity index (χ0n) is 13.2. The van der Waals surface area contributed by atoms with E-state index in [0.29, 0.717) is 35.1 Å². The Morgan fingerprint density at radius 3 is 2.96 bits per heavy atom. The first-order valence-corrected chi connectivity index (χ1v) is 7.83. The normalized spacial score (nSPS) is 16.6. The molecular weight excluding hydrogens is 322 g/mol. The number of H-pyrrole nitrogens is 1. The number of nitrogens with two attached hydrogens (primary N) is 1. The minimum Gasteiger partial charge on any atom is -0.366 e. The van der Waals surface area contributed by atoms with Gasteiger partial charge in [0.05, 0.1) is 16.7 Å². The zero-order valence-corrected chi connectivity index (χ0v) is 13.2. The van der Waals surface area contributed by atoms with Crippen molar-refractivity contribution in [3.63, 3.8) is 0 Å². The quantitative estimate of drug-likeness (QED) is 0.672. The molecule has 8 nitrogen and oxygen atoms in total. The van der Waals surface area contributed by atoms with Gasteiger partial charge in [-0.2, -0.15) is 0 Å². The van der Waals surface area contributed by atoms with Crippen LogP contribution in [0.4, 0.5) is 5.95 Å². The summed E-state index contributed by atoms with van der Waals surface area (Å²) in [5.74, 6) is -0.461. The van der Waals surface area contributed by atoms with E-state index in [9.17, 15) is 14.4 Å². The first kappa shape index (κ1) is 15.1. The summed E-state index contributed by atoms with van der Waals surface area (Å²) in [6.45, 7) is 0. The molecular formula is C17H15N5O3. The van der Waals surface area contributed by atoms with Crippen molar-refractivity contribution in [2.24, 2.45) is 5.73 Å². The molecule has 4 N–H and O–H groups in total. The third kappa shape index (κ3) is 2.57. The number of hydrogen-bond donors (Lipinski definition) is 3. The summed E-state index contributed by atoms with van der Waals surface area (Å²) in [4.78, 5) is 43.0. The monoisotopic (exact) mass is 337 g/mol. The lowest BCUT2D eigenvalue weighted by Crippen LogP contribution is -2.31. The van der Waals surface area contributed by atoms with Crippen molar-refractivity contribution in [2.45, 2.75) is 18.9 Å². The van der Waals surface area contributed by atoms with Gasteiger partial charge in [-0.25, -0.2) is 4.98 Å². The Morgan fingerprint density at radius 1 is 1.32 bits per heavy atom. The number of amides is 2. The van der Waals surface area contributed by atoms with Crippen molar-refractivity contribution in [3.05, 3.63) is 47.8 Å². The van der Waals surface area contributed by atoms with Gasteiger partial charge in [0.1, 0.15) is 6.04 Å². The van der Waals surface area contributed by atoms with Crippen molar-refractivity contribution < 1.29 is 14.4 Å². The number of nitrogens with zero attached hydrogens (tertiary/aromatic N) is 2. The fraction of sp³-hybridized carbons (Fsp3) is 0.176. The molecule has 2 aromatic heterocycles. The standard InChI is InChI=1S/C17H15N5O3/c18-15(24)9-3-4-10-11(8-9)20-17(19-10)21-16(25)13-5-6-14(23)12-2-1-7-22(12)13/h1-4,7-8,13H,5-6H2,(H2,18,24)(H2,19,20,21,25). The van der Waals surface area contributed by atoms with Crippen LogP contribution < -0.4 is 11.1 Å². The number of nitrogens with one attached hydrogen (secondary N) is 2. The second-order valence-corrected chi connectivity index (χ2v) is 5.95. The first-order valence-electron chi connectivity index (χ1n) is 7.83. The van der Waals surface area contributed by atoms with Gasteiger partial charge in [-0.15, -0.1) is 0 Å². The fourth-order valence-electron chi connectivity index (χ4n) is 3.12. The minimum absolute atomic E-state index is 0.0387. The Morgan fingerprint density at radius 2 is 2.16 bits per heavy atom. The average Bonchev–Trinajstić information content (AvgIpc) is 3.20. The molecule has 25 heavy (non-hydrogen) atoms. The SMILES string of the molecule is NC(=O)c1ccc2nc(NC(=O)C3CCC(=O)c4cccn43)[nH]c2c1. The van der Waals surface area contributed by atoms with Gasteiger partial charge in [-0.1, -0.05) is 0 Å². The molecule has 0 radical (unpaired) electrons. The Labute approximate surface area is 142 Å². The number of hydrogen-bond acceptors (Lipinski definition) is 4. The van der Waals surface area contributed by atoms with E-state index in [1.54, 1.807) is 41.1 Å². The molecule has 1 unspecified atom stereocenters. The van der Waals surface area contributed by atoms with Crippen LogP contribution >= 0.6 is 0 Å². The van der Waals surface area contributed by atoms with Gasteiger partial charge in [0.25, 0.3) is 0 Å². The summed E-state index contributed by atoms with van der Waals surface area (Å²) in [7, 11) is 0. The average molecular weight is 337 g/mol. The van der Waals surface area contributed by atoms with Gasteiger partial charge in [-0.05, 0) is 36.8 Å². The number of aromatic nitrogens is 3. The lowest BCUT2D eigenvalue weighted by atomic mass is 10.0. The minimum atomic E-state index is -0.533. The molecule has 1 aliphatic heterocycles. The van der Waals surface area contributed by atoms with Crippen molar-refractivity contribution in [3.8, 4) is 0 Å². The van der Waals surface area contributed by atoms with Crippen LogP contribution in [0, 0.1) is 0 Å². The van der Waals surface area contributed by atoms with Crippen molar-refractivity contribution >= 4 is 34.6 Å². The van der Waals surface area contributed by atoms with E-state index in [1.807, 2.05) is 0 Å². The summed E-state index contributed by atoms with van der Waals surface area (Å²) >= 11 is 0. The van der Waals surface area contributed by atoms with Crippen molar-refractivity contribution in [2.75, 3.05) is 5.32 Å². The number of primary amides is 1. The maximum atomic E-state index is 12.6. The Balaban J connectivity index is 1.59. The molecule has 1 atom stereocenters. The molecule has 0 spiro atoms. The van der Waals surface area contributed by atoms with E-state index in [2.05, 4.69) is 15.3 Å². The van der Waals surface area contributed by atoms with Gasteiger partial charge < -0.3 is 15.3 Å². The fourth-order valence-corrected chi connectivity index (χ4v) is 3.12. The lowest BCUT2D eigenvalue weighted by molar-refractivity contribution is -0.119. The topological polar surface area (TPSA) is 123 Å². The van der Waals surface area contributed by atoms with Crippen molar-refractivity contribution in [1.82, 2.24) is 14.5 Å². The largest absolute Gasteiger partial charge is 0.366 e. The highest BCUT2D eigenvalue weighted by molar-refractivity contribution is 6.00. The highest BCUT2D eigenvalue weighted by Gasteiger charge is 2.29. The molecule has 0 saturated carbocycles. The van der Waals surface area contributed by atoms with Crippen LogP contribution in [0.2, 0.25) is 0 Å². The van der Waals surface area contributed by atoms with E-state index in [4.69, 9.17) is 5.73 Å². The molecule has 0 fully saturated rings. The van der Waals surface area contributed by atoms with Crippen LogP contribution in [0.3, 0.4) is 0 Å². The van der Waals surface area contributed by atoms with Crippen LogP contribution in [0.5, 0.6) is 0 Å². The number of carbonyl (C=O) groups excluding carboxylic acids is 3. The van der Waals surface area contributed by atoms with Crippen LogP contribution in [0.15, 0.2) is 36.5 Å². The van der Waals surface area contributed by atoms with Gasteiger partial charge in [0.15, 0.2) is 5.78 Å². The number of rotatable bonds is 3. The van der Waals surface area contributed by atoms with E-state index in [-0.39, 0.29) is 17.6 Å². The number of ketones is 1. The number of carbonyl (C=O) groups is 3. The molecule has 3 aromatic rings. The molecule has 1 aliphatic rings. The van der Waals surface area contributed by atoms with Gasteiger partial charge in [0.2, 0.25) is 17.8 Å². The maximum absolute atomic E-state index is 12.6.